The zero-order valence-corrected chi connectivity index (χ0v) is 14.3. The number of carbonyl (C=O) groups is 2. The third-order valence-corrected chi connectivity index (χ3v) is 5.46. The van der Waals surface area contributed by atoms with Gasteiger partial charge in [-0.15, -0.1) is 0 Å². The van der Waals surface area contributed by atoms with Crippen LogP contribution in [0.3, 0.4) is 0 Å². The molecular weight excluding hydrogens is 358 g/mol. The number of benzene rings is 2. The molecule has 4 aromatic rings. The lowest BCUT2D eigenvalue weighted by atomic mass is 10.2. The van der Waals surface area contributed by atoms with Crippen molar-refractivity contribution in [2.24, 2.45) is 11.5 Å². The molecule has 2 aromatic carbocycles. The molecule has 0 aliphatic rings. The first kappa shape index (κ1) is 15.5. The van der Waals surface area contributed by atoms with Crippen LogP contribution >= 0.6 is 22.7 Å². The molecule has 7 nitrogen and oxygen atoms in total. The molecular formula is C16H11N5O2S2. The zero-order chi connectivity index (χ0) is 17.6. The molecule has 0 spiro atoms. The normalized spacial score (nSPS) is 11.0. The summed E-state index contributed by atoms with van der Waals surface area (Å²) in [5, 5.41) is 4.48. The van der Waals surface area contributed by atoms with Crippen molar-refractivity contribution < 1.29 is 9.59 Å². The molecule has 2 heterocycles. The number of rotatable bonds is 4. The van der Waals surface area contributed by atoms with Gasteiger partial charge in [0.15, 0.2) is 10.3 Å². The van der Waals surface area contributed by atoms with Crippen LogP contribution in [0.5, 0.6) is 0 Å². The molecule has 0 aliphatic heterocycles. The van der Waals surface area contributed by atoms with E-state index in [1.807, 2.05) is 12.1 Å². The van der Waals surface area contributed by atoms with Gasteiger partial charge in [-0.3, -0.25) is 9.59 Å². The third kappa shape index (κ3) is 2.90. The number of nitrogens with two attached hydrogens (primary N) is 2. The van der Waals surface area contributed by atoms with Gasteiger partial charge in [-0.05, 0) is 36.4 Å². The van der Waals surface area contributed by atoms with Crippen molar-refractivity contribution in [3.8, 4) is 0 Å². The van der Waals surface area contributed by atoms with Gasteiger partial charge in [-0.1, -0.05) is 22.7 Å². The van der Waals surface area contributed by atoms with Crippen molar-refractivity contribution in [3.05, 3.63) is 47.5 Å². The Kier molecular flexibility index (Phi) is 3.59. The Morgan fingerprint density at radius 3 is 1.64 bits per heavy atom. The van der Waals surface area contributed by atoms with Crippen LogP contribution in [0, 0.1) is 0 Å². The highest BCUT2D eigenvalue weighted by atomic mass is 32.1. The second-order valence-electron chi connectivity index (χ2n) is 5.26. The van der Waals surface area contributed by atoms with Gasteiger partial charge in [0.05, 0.1) is 20.4 Å². The van der Waals surface area contributed by atoms with Gasteiger partial charge in [0.25, 0.3) is 0 Å². The molecule has 0 atom stereocenters. The predicted octanol–water partition coefficient (Wildman–Crippen LogP) is 2.85. The van der Waals surface area contributed by atoms with Crippen LogP contribution in [0.25, 0.3) is 20.4 Å². The highest BCUT2D eigenvalue weighted by Crippen LogP contribution is 2.32. The third-order valence-electron chi connectivity index (χ3n) is 3.56. The van der Waals surface area contributed by atoms with E-state index in [-0.39, 0.29) is 0 Å². The Balaban J connectivity index is 1.67. The SMILES string of the molecule is NC(=O)c1ccc2sc(Nc3nc4cc(C(N)=O)ccc4s3)nc2c1. The predicted molar refractivity (Wildman–Crippen MR) is 99.6 cm³/mol. The van der Waals surface area contributed by atoms with E-state index in [0.29, 0.717) is 32.4 Å². The number of aromatic nitrogens is 2. The van der Waals surface area contributed by atoms with E-state index in [4.69, 9.17) is 11.5 Å². The number of amides is 2. The molecule has 0 radical (unpaired) electrons. The van der Waals surface area contributed by atoms with Gasteiger partial charge in [0.1, 0.15) is 0 Å². The first-order chi connectivity index (χ1) is 12.0. The smallest absolute Gasteiger partial charge is 0.248 e. The summed E-state index contributed by atoms with van der Waals surface area (Å²) in [6.45, 7) is 0. The lowest BCUT2D eigenvalue weighted by Gasteiger charge is -1.94. The number of primary amides is 2. The van der Waals surface area contributed by atoms with Crippen LogP contribution in [0.4, 0.5) is 10.3 Å². The highest BCUT2D eigenvalue weighted by molar-refractivity contribution is 7.24. The Morgan fingerprint density at radius 2 is 1.24 bits per heavy atom. The van der Waals surface area contributed by atoms with Crippen molar-refractivity contribution in [1.82, 2.24) is 9.97 Å². The second-order valence-corrected chi connectivity index (χ2v) is 7.32. The summed E-state index contributed by atoms with van der Waals surface area (Å²) in [6, 6.07) is 10.3. The maximum atomic E-state index is 11.3. The molecule has 0 saturated heterocycles. The van der Waals surface area contributed by atoms with Crippen molar-refractivity contribution >= 4 is 65.2 Å². The zero-order valence-electron chi connectivity index (χ0n) is 12.6. The largest absolute Gasteiger partial charge is 0.366 e. The van der Waals surface area contributed by atoms with Gasteiger partial charge < -0.3 is 16.8 Å². The van der Waals surface area contributed by atoms with Gasteiger partial charge in [0.2, 0.25) is 11.8 Å². The quantitative estimate of drug-likeness (QED) is 0.510. The Hall–Kier alpha value is -3.04. The van der Waals surface area contributed by atoms with Crippen LogP contribution in [-0.2, 0) is 0 Å². The Morgan fingerprint density at radius 1 is 0.800 bits per heavy atom. The number of hydrogen-bond acceptors (Lipinski definition) is 7. The van der Waals surface area contributed by atoms with Crippen LogP contribution in [-0.4, -0.2) is 21.8 Å². The first-order valence-corrected chi connectivity index (χ1v) is 8.81. The fraction of sp³-hybridized carbons (Fsp3) is 0. The minimum atomic E-state index is -0.485. The molecule has 2 amide bonds. The fourth-order valence-corrected chi connectivity index (χ4v) is 4.11. The standard InChI is InChI=1S/C16H11N5O2S2/c17-13(22)7-1-3-11-9(5-7)19-15(24-11)21-16-20-10-6-8(14(18)23)2-4-12(10)25-16/h1-6H,(H2,17,22)(H2,18,23)(H,19,20,21). The summed E-state index contributed by atoms with van der Waals surface area (Å²) in [6.07, 6.45) is 0. The van der Waals surface area contributed by atoms with E-state index in [9.17, 15) is 9.59 Å². The van der Waals surface area contributed by atoms with Crippen LogP contribution < -0.4 is 16.8 Å². The number of carbonyl (C=O) groups excluding carboxylic acids is 2. The maximum absolute atomic E-state index is 11.3. The average molecular weight is 369 g/mol. The summed E-state index contributed by atoms with van der Waals surface area (Å²) in [7, 11) is 0. The summed E-state index contributed by atoms with van der Waals surface area (Å²) in [5.41, 5.74) is 12.8. The number of nitrogens with zero attached hydrogens (tertiary/aromatic N) is 2. The number of fused-ring (bicyclic) bond motifs is 2. The minimum absolute atomic E-state index is 0.420. The molecule has 0 aliphatic carbocycles. The van der Waals surface area contributed by atoms with Crippen molar-refractivity contribution in [2.45, 2.75) is 0 Å². The maximum Gasteiger partial charge on any atom is 0.248 e. The van der Waals surface area contributed by atoms with Crippen molar-refractivity contribution in [1.29, 1.82) is 0 Å². The molecule has 0 bridgehead atoms. The number of hydrogen-bond donors (Lipinski definition) is 3. The van der Waals surface area contributed by atoms with E-state index in [0.717, 1.165) is 9.40 Å². The van der Waals surface area contributed by atoms with Gasteiger partial charge in [0, 0.05) is 11.1 Å². The molecule has 0 fully saturated rings. The molecule has 2 aromatic heterocycles. The minimum Gasteiger partial charge on any atom is -0.366 e. The lowest BCUT2D eigenvalue weighted by Crippen LogP contribution is -2.10. The van der Waals surface area contributed by atoms with E-state index < -0.39 is 11.8 Å². The lowest BCUT2D eigenvalue weighted by molar-refractivity contribution is 0.0992. The van der Waals surface area contributed by atoms with Gasteiger partial charge in [-0.2, -0.15) is 0 Å². The topological polar surface area (TPSA) is 124 Å². The highest BCUT2D eigenvalue weighted by Gasteiger charge is 2.11. The summed E-state index contributed by atoms with van der Waals surface area (Å²) in [4.78, 5) is 31.4. The molecule has 4 rings (SSSR count). The van der Waals surface area contributed by atoms with Crippen molar-refractivity contribution in [2.75, 3.05) is 5.32 Å². The van der Waals surface area contributed by atoms with Crippen molar-refractivity contribution in [3.63, 3.8) is 0 Å². The monoisotopic (exact) mass is 369 g/mol. The van der Waals surface area contributed by atoms with Crippen LogP contribution in [0.2, 0.25) is 0 Å². The van der Waals surface area contributed by atoms with Crippen LogP contribution in [0.1, 0.15) is 20.7 Å². The average Bonchev–Trinajstić information content (AvgIpc) is 3.15. The number of nitrogens with one attached hydrogen (secondary N) is 1. The molecule has 0 unspecified atom stereocenters. The van der Waals surface area contributed by atoms with Gasteiger partial charge in [-0.25, -0.2) is 9.97 Å². The molecule has 124 valence electrons. The van der Waals surface area contributed by atoms with E-state index in [1.165, 1.54) is 22.7 Å². The molecule has 9 heteroatoms. The van der Waals surface area contributed by atoms with E-state index in [2.05, 4.69) is 15.3 Å². The number of anilines is 2. The van der Waals surface area contributed by atoms with Gasteiger partial charge >= 0.3 is 0 Å². The Labute approximate surface area is 149 Å². The molecule has 0 saturated carbocycles. The summed E-state index contributed by atoms with van der Waals surface area (Å²) >= 11 is 2.90. The summed E-state index contributed by atoms with van der Waals surface area (Å²) < 4.78 is 1.87. The fourth-order valence-electron chi connectivity index (χ4n) is 2.36. The van der Waals surface area contributed by atoms with Crippen LogP contribution in [0.15, 0.2) is 36.4 Å². The molecule has 25 heavy (non-hydrogen) atoms. The van der Waals surface area contributed by atoms with E-state index >= 15 is 0 Å². The van der Waals surface area contributed by atoms with E-state index in [1.54, 1.807) is 24.3 Å². The molecule has 5 N–H and O–H groups in total. The Bertz CT molecular complexity index is 1060. The summed E-state index contributed by atoms with van der Waals surface area (Å²) in [5.74, 6) is -0.971. The first-order valence-electron chi connectivity index (χ1n) is 7.17. The second kappa shape index (κ2) is 5.80. The number of thiazole rings is 2.